The number of benzene rings is 1. The van der Waals surface area contributed by atoms with Crippen LogP contribution in [-0.2, 0) is 4.79 Å². The standard InChI is InChI=1S/C18H25ClN2O/c1-13-5-2-8-15(19)18(13)20-17(22)10-12-21-11-4-7-14-6-3-9-16(14)21/h2,5,8,14,16H,3-4,6-7,9-12H2,1H3,(H,20,22). The molecular formula is C18H25ClN2O. The minimum absolute atomic E-state index is 0.0660. The van der Waals surface area contributed by atoms with Crippen molar-refractivity contribution in [2.24, 2.45) is 5.92 Å². The summed E-state index contributed by atoms with van der Waals surface area (Å²) in [6.45, 7) is 3.99. The number of likely N-dealkylation sites (tertiary alicyclic amines) is 1. The van der Waals surface area contributed by atoms with Gasteiger partial charge in [0.15, 0.2) is 0 Å². The second-order valence-corrected chi connectivity index (χ2v) is 7.07. The monoisotopic (exact) mass is 320 g/mol. The van der Waals surface area contributed by atoms with Gasteiger partial charge in [0.2, 0.25) is 5.91 Å². The van der Waals surface area contributed by atoms with Crippen molar-refractivity contribution < 1.29 is 4.79 Å². The number of hydrogen-bond acceptors (Lipinski definition) is 2. The van der Waals surface area contributed by atoms with Crippen LogP contribution in [-0.4, -0.2) is 29.9 Å². The first-order valence-corrected chi connectivity index (χ1v) is 8.82. The Hall–Kier alpha value is -1.06. The van der Waals surface area contributed by atoms with Gasteiger partial charge < -0.3 is 5.32 Å². The number of nitrogens with one attached hydrogen (secondary N) is 1. The molecule has 22 heavy (non-hydrogen) atoms. The van der Waals surface area contributed by atoms with Gasteiger partial charge >= 0.3 is 0 Å². The molecule has 2 aliphatic rings. The van der Waals surface area contributed by atoms with E-state index in [0.29, 0.717) is 11.4 Å². The fraction of sp³-hybridized carbons (Fsp3) is 0.611. The zero-order chi connectivity index (χ0) is 15.5. The van der Waals surface area contributed by atoms with E-state index in [1.54, 1.807) is 0 Å². The fourth-order valence-electron chi connectivity index (χ4n) is 4.07. The summed E-state index contributed by atoms with van der Waals surface area (Å²) >= 11 is 6.17. The highest BCUT2D eigenvalue weighted by atomic mass is 35.5. The second kappa shape index (κ2) is 7.01. The molecule has 120 valence electrons. The summed E-state index contributed by atoms with van der Waals surface area (Å²) in [6.07, 6.45) is 7.27. The van der Waals surface area contributed by atoms with Crippen LogP contribution in [0, 0.1) is 12.8 Å². The average Bonchev–Trinajstić information content (AvgIpc) is 2.98. The molecule has 0 bridgehead atoms. The van der Waals surface area contributed by atoms with Gasteiger partial charge in [-0.05, 0) is 56.7 Å². The van der Waals surface area contributed by atoms with Crippen molar-refractivity contribution in [2.45, 2.75) is 51.5 Å². The van der Waals surface area contributed by atoms with Crippen LogP contribution in [0.5, 0.6) is 0 Å². The number of nitrogens with zero attached hydrogens (tertiary/aromatic N) is 1. The molecule has 3 rings (SSSR count). The van der Waals surface area contributed by atoms with Crippen molar-refractivity contribution in [3.8, 4) is 0 Å². The van der Waals surface area contributed by atoms with E-state index in [9.17, 15) is 4.79 Å². The van der Waals surface area contributed by atoms with E-state index < -0.39 is 0 Å². The van der Waals surface area contributed by atoms with Gasteiger partial charge in [0.1, 0.15) is 0 Å². The normalized spacial score (nSPS) is 25.0. The quantitative estimate of drug-likeness (QED) is 0.900. The number of fused-ring (bicyclic) bond motifs is 1. The van der Waals surface area contributed by atoms with E-state index in [4.69, 9.17) is 11.6 Å². The Labute approximate surface area is 138 Å². The average molecular weight is 321 g/mol. The number of rotatable bonds is 4. The minimum atomic E-state index is 0.0660. The van der Waals surface area contributed by atoms with Gasteiger partial charge in [0.05, 0.1) is 10.7 Å². The molecule has 1 saturated carbocycles. The summed E-state index contributed by atoms with van der Waals surface area (Å²) in [4.78, 5) is 14.8. The SMILES string of the molecule is Cc1cccc(Cl)c1NC(=O)CCN1CCCC2CCCC21. The van der Waals surface area contributed by atoms with E-state index in [1.807, 2.05) is 25.1 Å². The van der Waals surface area contributed by atoms with Crippen molar-refractivity contribution >= 4 is 23.2 Å². The lowest BCUT2D eigenvalue weighted by molar-refractivity contribution is -0.116. The van der Waals surface area contributed by atoms with E-state index in [0.717, 1.165) is 36.3 Å². The van der Waals surface area contributed by atoms with Crippen LogP contribution in [0.4, 0.5) is 5.69 Å². The van der Waals surface area contributed by atoms with Crippen molar-refractivity contribution in [3.63, 3.8) is 0 Å². The number of carbonyl (C=O) groups is 1. The zero-order valence-electron chi connectivity index (χ0n) is 13.3. The lowest BCUT2D eigenvalue weighted by Gasteiger charge is -2.37. The van der Waals surface area contributed by atoms with Gasteiger partial charge in [0, 0.05) is 19.0 Å². The van der Waals surface area contributed by atoms with Gasteiger partial charge in [-0.3, -0.25) is 9.69 Å². The minimum Gasteiger partial charge on any atom is -0.325 e. The van der Waals surface area contributed by atoms with Crippen LogP contribution in [0.25, 0.3) is 0 Å². The molecule has 2 atom stereocenters. The van der Waals surface area contributed by atoms with Crippen LogP contribution in [0.2, 0.25) is 5.02 Å². The van der Waals surface area contributed by atoms with Crippen molar-refractivity contribution in [1.82, 2.24) is 4.90 Å². The lowest BCUT2D eigenvalue weighted by atomic mass is 9.92. The topological polar surface area (TPSA) is 32.3 Å². The van der Waals surface area contributed by atoms with Crippen LogP contribution in [0.15, 0.2) is 18.2 Å². The number of anilines is 1. The Balaban J connectivity index is 1.54. The molecule has 4 heteroatoms. The second-order valence-electron chi connectivity index (χ2n) is 6.67. The predicted octanol–water partition coefficient (Wildman–Crippen LogP) is 4.24. The third-order valence-electron chi connectivity index (χ3n) is 5.22. The van der Waals surface area contributed by atoms with E-state index >= 15 is 0 Å². The number of amides is 1. The number of hydrogen-bond donors (Lipinski definition) is 1. The summed E-state index contributed by atoms with van der Waals surface area (Å²) < 4.78 is 0. The highest BCUT2D eigenvalue weighted by Gasteiger charge is 2.34. The highest BCUT2D eigenvalue weighted by Crippen LogP contribution is 2.36. The van der Waals surface area contributed by atoms with Gasteiger partial charge in [-0.1, -0.05) is 30.2 Å². The number of halogens is 1. The third kappa shape index (κ3) is 3.47. The molecule has 2 unspecified atom stereocenters. The Morgan fingerprint density at radius 3 is 2.95 bits per heavy atom. The number of carbonyl (C=O) groups excluding carboxylic acids is 1. The zero-order valence-corrected chi connectivity index (χ0v) is 14.0. The molecule has 1 amide bonds. The van der Waals surface area contributed by atoms with Gasteiger partial charge in [-0.2, -0.15) is 0 Å². The van der Waals surface area contributed by atoms with Crippen LogP contribution < -0.4 is 5.32 Å². The van der Waals surface area contributed by atoms with Crippen molar-refractivity contribution in [3.05, 3.63) is 28.8 Å². The van der Waals surface area contributed by atoms with Crippen LogP contribution >= 0.6 is 11.6 Å². The molecule has 1 saturated heterocycles. The van der Waals surface area contributed by atoms with E-state index in [2.05, 4.69) is 10.2 Å². The van der Waals surface area contributed by atoms with Gasteiger partial charge in [0.25, 0.3) is 0 Å². The third-order valence-corrected chi connectivity index (χ3v) is 5.54. The first kappa shape index (κ1) is 15.8. The summed E-state index contributed by atoms with van der Waals surface area (Å²) in [5.41, 5.74) is 1.77. The highest BCUT2D eigenvalue weighted by molar-refractivity contribution is 6.33. The Kier molecular flexibility index (Phi) is 5.04. The number of piperidine rings is 1. The Morgan fingerprint density at radius 2 is 2.14 bits per heavy atom. The maximum Gasteiger partial charge on any atom is 0.225 e. The van der Waals surface area contributed by atoms with Gasteiger partial charge in [-0.25, -0.2) is 0 Å². The Morgan fingerprint density at radius 1 is 1.32 bits per heavy atom. The maximum atomic E-state index is 12.3. The lowest BCUT2D eigenvalue weighted by Crippen LogP contribution is -2.43. The molecule has 3 nitrogen and oxygen atoms in total. The molecule has 1 heterocycles. The molecule has 2 fully saturated rings. The van der Waals surface area contributed by atoms with Crippen molar-refractivity contribution in [1.29, 1.82) is 0 Å². The molecule has 0 aromatic heterocycles. The summed E-state index contributed by atoms with van der Waals surface area (Å²) in [5, 5.41) is 3.59. The maximum absolute atomic E-state index is 12.3. The molecule has 1 aromatic rings. The fourth-order valence-corrected chi connectivity index (χ4v) is 4.34. The molecular weight excluding hydrogens is 296 g/mol. The van der Waals surface area contributed by atoms with Crippen molar-refractivity contribution in [2.75, 3.05) is 18.4 Å². The van der Waals surface area contributed by atoms with E-state index in [1.165, 1.54) is 32.1 Å². The Bertz CT molecular complexity index is 526. The van der Waals surface area contributed by atoms with Crippen LogP contribution in [0.3, 0.4) is 0 Å². The molecule has 1 N–H and O–H groups in total. The summed E-state index contributed by atoms with van der Waals surface area (Å²) in [7, 11) is 0. The molecule has 0 spiro atoms. The smallest absolute Gasteiger partial charge is 0.225 e. The molecule has 0 radical (unpaired) electrons. The first-order valence-electron chi connectivity index (χ1n) is 8.44. The molecule has 1 aliphatic carbocycles. The summed E-state index contributed by atoms with van der Waals surface area (Å²) in [6, 6.07) is 6.41. The first-order chi connectivity index (χ1) is 10.6. The number of para-hydroxylation sites is 1. The largest absolute Gasteiger partial charge is 0.325 e. The van der Waals surface area contributed by atoms with E-state index in [-0.39, 0.29) is 5.91 Å². The van der Waals surface area contributed by atoms with Crippen LogP contribution in [0.1, 0.15) is 44.1 Å². The molecule has 1 aromatic carbocycles. The van der Waals surface area contributed by atoms with Gasteiger partial charge in [-0.15, -0.1) is 0 Å². The molecule has 1 aliphatic heterocycles. The predicted molar refractivity (Wildman–Crippen MR) is 91.4 cm³/mol. The number of aryl methyl sites for hydroxylation is 1. The summed E-state index contributed by atoms with van der Waals surface area (Å²) in [5.74, 6) is 0.943.